The van der Waals surface area contributed by atoms with E-state index < -0.39 is 68.7 Å². The molecule has 0 aliphatic carbocycles. The summed E-state index contributed by atoms with van der Waals surface area (Å²) in [5.74, 6) is -52.3. The predicted molar refractivity (Wildman–Crippen MR) is 76.0 cm³/mol. The molecule has 0 rings (SSSR count). The smallest absolute Gasteiger partial charge is 0.384 e. The normalized spacial score (nSPS) is 18.5. The van der Waals surface area contributed by atoms with Crippen molar-refractivity contribution in [3.8, 4) is 0 Å². The van der Waals surface area contributed by atoms with E-state index >= 15 is 0 Å². The van der Waals surface area contributed by atoms with Crippen LogP contribution in [0, 0.1) is 0 Å². The molecule has 33 heavy (non-hydrogen) atoms. The van der Waals surface area contributed by atoms with Crippen LogP contribution >= 0.6 is 0 Å². The Hall–Kier alpha value is -1.05. The summed E-state index contributed by atoms with van der Waals surface area (Å²) < 4.78 is 235. The fourth-order valence-corrected chi connectivity index (χ4v) is 3.51. The molecule has 0 amide bonds. The molecule has 200 valence electrons. The first-order chi connectivity index (χ1) is 14.3. The summed E-state index contributed by atoms with van der Waals surface area (Å²) in [6.45, 7) is 0.167. The van der Waals surface area contributed by atoms with Gasteiger partial charge in [0, 0.05) is 14.2 Å². The molecule has 0 aliphatic heterocycles. The van der Waals surface area contributed by atoms with Crippen molar-refractivity contribution in [1.82, 2.24) is 0 Å². The summed E-state index contributed by atoms with van der Waals surface area (Å²) in [6, 6.07) is 0. The zero-order valence-corrected chi connectivity index (χ0v) is 17.1. The van der Waals surface area contributed by atoms with Crippen molar-refractivity contribution < 1.29 is 83.5 Å². The van der Waals surface area contributed by atoms with Gasteiger partial charge >= 0.3 is 44.1 Å². The van der Waals surface area contributed by atoms with Crippen molar-refractivity contribution in [2.45, 2.75) is 66.6 Å². The van der Waals surface area contributed by atoms with Crippen LogP contribution in [0.25, 0.3) is 0 Å². The summed E-state index contributed by atoms with van der Waals surface area (Å²) in [5.41, 5.74) is 0. The van der Waals surface area contributed by atoms with E-state index in [1.165, 1.54) is 0 Å². The van der Waals surface area contributed by atoms with Gasteiger partial charge in [0.2, 0.25) is 12.0 Å². The van der Waals surface area contributed by atoms with Crippen molar-refractivity contribution in [1.29, 1.82) is 0 Å². The van der Waals surface area contributed by atoms with E-state index in [-0.39, 0.29) is 6.55 Å². The van der Waals surface area contributed by atoms with Gasteiger partial charge in [0.1, 0.15) is 0 Å². The number of hydrogen-bond donors (Lipinski definition) is 0. The molecule has 0 aromatic carbocycles. The Kier molecular flexibility index (Phi) is 8.90. The molecule has 20 heteroatoms. The zero-order valence-electron chi connectivity index (χ0n) is 16.1. The third-order valence-electron chi connectivity index (χ3n) is 4.48. The molecule has 0 saturated heterocycles. The first kappa shape index (κ1) is 31.9. The fraction of sp³-hybridized carbons (Fsp3) is 1.00. The van der Waals surface area contributed by atoms with Crippen LogP contribution in [0.2, 0.25) is 6.55 Å². The standard InChI is InChI=1S/C13H13F17O2Si/c1-31-33(3,32-2)7(18)9(21,22)11(25,26)13(29,30)12(27,28)10(23,24)8(19,20)5(15)4(14)6(16)17/h4-7H,1-3H3. The molecule has 3 unspecified atom stereocenters. The van der Waals surface area contributed by atoms with Gasteiger partial charge in [-0.15, -0.1) is 0 Å². The molecule has 0 aliphatic rings. The van der Waals surface area contributed by atoms with Crippen molar-refractivity contribution in [3.63, 3.8) is 0 Å². The van der Waals surface area contributed by atoms with Crippen molar-refractivity contribution in [2.24, 2.45) is 0 Å². The van der Waals surface area contributed by atoms with E-state index in [9.17, 15) is 74.6 Å². The Labute approximate surface area is 174 Å². The molecule has 0 saturated carbocycles. The van der Waals surface area contributed by atoms with Crippen LogP contribution in [-0.2, 0) is 8.85 Å². The molecule has 3 atom stereocenters. The first-order valence-corrected chi connectivity index (χ1v) is 10.3. The van der Waals surface area contributed by atoms with E-state index in [0.717, 1.165) is 0 Å². The average Bonchev–Trinajstić information content (AvgIpc) is 2.70. The predicted octanol–water partition coefficient (Wildman–Crippen LogP) is 5.98. The summed E-state index contributed by atoms with van der Waals surface area (Å²) in [5, 5.41) is 0. The lowest BCUT2D eigenvalue weighted by molar-refractivity contribution is -0.432. The largest absolute Gasteiger partial charge is 0.396 e. The highest BCUT2D eigenvalue weighted by Gasteiger charge is 2.92. The van der Waals surface area contributed by atoms with Gasteiger partial charge in [0.05, 0.1) is 0 Å². The molecule has 2 nitrogen and oxygen atoms in total. The monoisotopic (exact) mass is 552 g/mol. The molecular formula is C13H13F17O2Si. The summed E-state index contributed by atoms with van der Waals surface area (Å²) in [7, 11) is -4.68. The van der Waals surface area contributed by atoms with Gasteiger partial charge in [-0.2, -0.15) is 52.7 Å². The van der Waals surface area contributed by atoms with Crippen molar-refractivity contribution in [3.05, 3.63) is 0 Å². The summed E-state index contributed by atoms with van der Waals surface area (Å²) in [4.78, 5) is 0. The van der Waals surface area contributed by atoms with Gasteiger partial charge in [0.25, 0.3) is 6.43 Å². The number of alkyl halides is 17. The molecule has 0 aromatic rings. The minimum Gasteiger partial charge on any atom is -0.396 e. The van der Waals surface area contributed by atoms with E-state index in [0.29, 0.717) is 14.2 Å². The van der Waals surface area contributed by atoms with Crippen LogP contribution in [0.15, 0.2) is 0 Å². The highest BCUT2D eigenvalue weighted by molar-refractivity contribution is 6.67. The minimum absolute atomic E-state index is 0.167. The molecule has 0 radical (unpaired) electrons. The van der Waals surface area contributed by atoms with Crippen molar-refractivity contribution >= 4 is 8.56 Å². The number of halogens is 17. The second-order valence-corrected chi connectivity index (χ2v) is 9.87. The van der Waals surface area contributed by atoms with Crippen LogP contribution in [0.4, 0.5) is 74.6 Å². The summed E-state index contributed by atoms with van der Waals surface area (Å²) in [6.07, 6.45) is -15.6. The Morgan fingerprint density at radius 1 is 0.545 bits per heavy atom. The van der Waals surface area contributed by atoms with Gasteiger partial charge in [0.15, 0.2) is 6.17 Å². The van der Waals surface area contributed by atoms with Crippen molar-refractivity contribution in [2.75, 3.05) is 14.2 Å². The fourth-order valence-electron chi connectivity index (χ4n) is 2.09. The van der Waals surface area contributed by atoms with Gasteiger partial charge < -0.3 is 8.85 Å². The maximum Gasteiger partial charge on any atom is 0.384 e. The molecule has 0 bridgehead atoms. The van der Waals surface area contributed by atoms with Gasteiger partial charge in [-0.1, -0.05) is 0 Å². The topological polar surface area (TPSA) is 18.5 Å². The first-order valence-electron chi connectivity index (χ1n) is 7.87. The highest BCUT2D eigenvalue weighted by Crippen LogP contribution is 2.62. The third-order valence-corrected chi connectivity index (χ3v) is 7.38. The van der Waals surface area contributed by atoms with Gasteiger partial charge in [-0.05, 0) is 6.55 Å². The minimum atomic E-state index is -8.40. The molecular weight excluding hydrogens is 539 g/mol. The molecule has 0 spiro atoms. The highest BCUT2D eigenvalue weighted by atomic mass is 28.4. The van der Waals surface area contributed by atoms with E-state index in [2.05, 4.69) is 8.85 Å². The Bertz CT molecular complexity index is 665. The maximum atomic E-state index is 14.0. The van der Waals surface area contributed by atoms with Crippen LogP contribution in [0.5, 0.6) is 0 Å². The number of hydrogen-bond acceptors (Lipinski definition) is 2. The lowest BCUT2D eigenvalue weighted by Gasteiger charge is -2.43. The lowest BCUT2D eigenvalue weighted by atomic mass is 9.89. The number of rotatable bonds is 12. The SMILES string of the molecule is CO[Si](C)(OC)C(F)C(F)(F)C(F)(F)C(F)(F)C(F)(F)C(F)(F)C(F)(F)C(F)C(F)C(F)F. The van der Waals surface area contributed by atoms with Crippen LogP contribution in [0.1, 0.15) is 0 Å². The van der Waals surface area contributed by atoms with Crippen LogP contribution in [0.3, 0.4) is 0 Å². The zero-order chi connectivity index (χ0) is 27.2. The Morgan fingerprint density at radius 3 is 1.12 bits per heavy atom. The maximum absolute atomic E-state index is 14.0. The molecule has 0 N–H and O–H groups in total. The summed E-state index contributed by atoms with van der Waals surface area (Å²) >= 11 is 0. The third kappa shape index (κ3) is 4.50. The molecule has 0 aromatic heterocycles. The Morgan fingerprint density at radius 2 is 0.848 bits per heavy atom. The quantitative estimate of drug-likeness (QED) is 0.219. The Balaban J connectivity index is 6.70. The van der Waals surface area contributed by atoms with Crippen LogP contribution < -0.4 is 0 Å². The molecule has 0 fully saturated rings. The second kappa shape index (κ2) is 9.19. The van der Waals surface area contributed by atoms with E-state index in [4.69, 9.17) is 0 Å². The van der Waals surface area contributed by atoms with Crippen LogP contribution in [-0.4, -0.2) is 82.9 Å². The van der Waals surface area contributed by atoms with E-state index in [1.807, 2.05) is 0 Å². The molecule has 0 heterocycles. The van der Waals surface area contributed by atoms with Gasteiger partial charge in [-0.25, -0.2) is 22.0 Å². The average molecular weight is 552 g/mol. The van der Waals surface area contributed by atoms with E-state index in [1.54, 1.807) is 0 Å². The van der Waals surface area contributed by atoms with Gasteiger partial charge in [-0.3, -0.25) is 0 Å². The second-order valence-electron chi connectivity index (χ2n) is 6.51. The lowest BCUT2D eigenvalue weighted by Crippen LogP contribution is -2.75.